The summed E-state index contributed by atoms with van der Waals surface area (Å²) in [4.78, 5) is 30.3. The van der Waals surface area contributed by atoms with Crippen LogP contribution in [0.15, 0.2) is 36.5 Å². The molecule has 1 amide bonds. The molecule has 0 aliphatic heterocycles. The van der Waals surface area contributed by atoms with Crippen LogP contribution in [0.1, 0.15) is 66.2 Å². The van der Waals surface area contributed by atoms with E-state index in [9.17, 15) is 14.4 Å². The number of hydrogen-bond acceptors (Lipinski definition) is 3. The van der Waals surface area contributed by atoms with Crippen molar-refractivity contribution >= 4 is 17.8 Å². The number of nitrogens with two attached hydrogens (primary N) is 1. The van der Waals surface area contributed by atoms with Crippen LogP contribution >= 0.6 is 0 Å². The maximum absolute atomic E-state index is 10.6. The van der Waals surface area contributed by atoms with E-state index in [0.717, 1.165) is 19.3 Å². The first-order chi connectivity index (χ1) is 12.0. The third-order valence-corrected chi connectivity index (χ3v) is 3.57. The van der Waals surface area contributed by atoms with Gasteiger partial charge in [-0.05, 0) is 32.1 Å². The van der Waals surface area contributed by atoms with Gasteiger partial charge in [-0.2, -0.15) is 0 Å². The van der Waals surface area contributed by atoms with Gasteiger partial charge >= 0.3 is 11.9 Å². The molecular formula is C20H35NO5. The maximum Gasteiger partial charge on any atom is 0.331 e. The molecule has 0 heterocycles. The van der Waals surface area contributed by atoms with Gasteiger partial charge in [-0.15, -0.1) is 0 Å². The van der Waals surface area contributed by atoms with Gasteiger partial charge < -0.3 is 15.9 Å². The zero-order chi connectivity index (χ0) is 21.3. The van der Waals surface area contributed by atoms with Gasteiger partial charge in [-0.1, -0.05) is 59.8 Å². The van der Waals surface area contributed by atoms with Gasteiger partial charge in [0.25, 0.3) is 0 Å². The summed E-state index contributed by atoms with van der Waals surface area (Å²) in [6.07, 6.45) is 5.85. The Bertz CT molecular complexity index is 482. The minimum absolute atomic E-state index is 0.170. The van der Waals surface area contributed by atoms with Crippen molar-refractivity contribution in [2.45, 2.75) is 66.2 Å². The molecule has 150 valence electrons. The smallest absolute Gasteiger partial charge is 0.331 e. The predicted octanol–water partition coefficient (Wildman–Crippen LogP) is 4.32. The summed E-state index contributed by atoms with van der Waals surface area (Å²) in [5.41, 5.74) is 5.73. The molecule has 4 N–H and O–H groups in total. The summed E-state index contributed by atoms with van der Waals surface area (Å²) >= 11 is 0. The SMILES string of the molecule is C=C(C(=O)O)C(CC)CCCCC.C=C(C)C(N)=O.C=C(CC)C(=O)O. The second kappa shape index (κ2) is 17.5. The number of carboxylic acids is 2. The van der Waals surface area contributed by atoms with Gasteiger partial charge in [0.05, 0.1) is 0 Å². The third-order valence-electron chi connectivity index (χ3n) is 3.57. The van der Waals surface area contributed by atoms with Crippen LogP contribution in [0.3, 0.4) is 0 Å². The Hall–Kier alpha value is -2.37. The molecule has 0 aliphatic carbocycles. The highest BCUT2D eigenvalue weighted by atomic mass is 16.4. The first kappa shape index (κ1) is 28.4. The Morgan fingerprint density at radius 3 is 1.62 bits per heavy atom. The highest BCUT2D eigenvalue weighted by Crippen LogP contribution is 2.20. The summed E-state index contributed by atoms with van der Waals surface area (Å²) in [6, 6.07) is 0. The van der Waals surface area contributed by atoms with Gasteiger partial charge in [0.15, 0.2) is 0 Å². The molecule has 0 radical (unpaired) electrons. The number of carboxylic acid groups (broad SMARTS) is 2. The first-order valence-electron chi connectivity index (χ1n) is 8.74. The number of rotatable bonds is 10. The van der Waals surface area contributed by atoms with E-state index in [4.69, 9.17) is 15.9 Å². The van der Waals surface area contributed by atoms with Gasteiger partial charge in [0.1, 0.15) is 0 Å². The van der Waals surface area contributed by atoms with Crippen LogP contribution in [-0.2, 0) is 14.4 Å². The van der Waals surface area contributed by atoms with Crippen molar-refractivity contribution in [1.82, 2.24) is 0 Å². The molecule has 0 aromatic carbocycles. The largest absolute Gasteiger partial charge is 0.478 e. The van der Waals surface area contributed by atoms with Crippen molar-refractivity contribution in [3.05, 3.63) is 36.5 Å². The van der Waals surface area contributed by atoms with E-state index in [-0.39, 0.29) is 11.5 Å². The van der Waals surface area contributed by atoms with E-state index in [2.05, 4.69) is 26.7 Å². The molecule has 0 aliphatic rings. The predicted molar refractivity (Wildman–Crippen MR) is 106 cm³/mol. The lowest BCUT2D eigenvalue weighted by Gasteiger charge is -2.13. The molecule has 0 aromatic rings. The second-order valence-corrected chi connectivity index (χ2v) is 5.84. The van der Waals surface area contributed by atoms with Crippen LogP contribution in [0.25, 0.3) is 0 Å². The van der Waals surface area contributed by atoms with Crippen LogP contribution in [0.4, 0.5) is 0 Å². The lowest BCUT2D eigenvalue weighted by atomic mass is 9.92. The Morgan fingerprint density at radius 1 is 0.962 bits per heavy atom. The standard InChI is InChI=1S/C11H20O2.C5H8O2.C4H7NO/c1-4-6-7-8-10(5-2)9(3)11(12)13;1-3-4(2)5(6)7;1-3(2)4(5)6/h10H,3-8H2,1-2H3,(H,12,13);2-3H2,1H3,(H,6,7);1H2,2H3,(H2,5,6). The lowest BCUT2D eigenvalue weighted by molar-refractivity contribution is -0.134. The van der Waals surface area contributed by atoms with Crippen molar-refractivity contribution in [1.29, 1.82) is 0 Å². The van der Waals surface area contributed by atoms with E-state index in [1.807, 2.05) is 6.92 Å². The number of hydrogen-bond donors (Lipinski definition) is 3. The van der Waals surface area contributed by atoms with Crippen LogP contribution in [0, 0.1) is 5.92 Å². The van der Waals surface area contributed by atoms with E-state index in [1.165, 1.54) is 12.8 Å². The molecule has 1 atom stereocenters. The van der Waals surface area contributed by atoms with Crippen molar-refractivity contribution in [3.8, 4) is 0 Å². The summed E-state index contributed by atoms with van der Waals surface area (Å²) < 4.78 is 0. The quantitative estimate of drug-likeness (QED) is 0.391. The van der Waals surface area contributed by atoms with Crippen molar-refractivity contribution in [2.75, 3.05) is 0 Å². The highest BCUT2D eigenvalue weighted by molar-refractivity contribution is 5.90. The molecule has 0 rings (SSSR count). The zero-order valence-electron chi connectivity index (χ0n) is 16.6. The minimum Gasteiger partial charge on any atom is -0.478 e. The summed E-state index contributed by atoms with van der Waals surface area (Å²) in [6.45, 7) is 17.7. The first-order valence-corrected chi connectivity index (χ1v) is 8.74. The molecule has 0 saturated carbocycles. The van der Waals surface area contributed by atoms with Gasteiger partial charge in [0, 0.05) is 16.7 Å². The average Bonchev–Trinajstić information content (AvgIpc) is 2.58. The maximum atomic E-state index is 10.6. The molecule has 0 saturated heterocycles. The average molecular weight is 370 g/mol. The number of amides is 1. The topological polar surface area (TPSA) is 118 Å². The highest BCUT2D eigenvalue weighted by Gasteiger charge is 2.15. The van der Waals surface area contributed by atoms with Gasteiger partial charge in [0.2, 0.25) is 5.91 Å². The summed E-state index contributed by atoms with van der Waals surface area (Å²) in [7, 11) is 0. The summed E-state index contributed by atoms with van der Waals surface area (Å²) in [5, 5.41) is 16.8. The Labute approximate surface area is 157 Å². The molecular weight excluding hydrogens is 334 g/mol. The summed E-state index contributed by atoms with van der Waals surface area (Å²) in [5.74, 6) is -2.01. The number of primary amides is 1. The van der Waals surface area contributed by atoms with Crippen molar-refractivity contribution in [3.63, 3.8) is 0 Å². The fourth-order valence-corrected chi connectivity index (χ4v) is 1.59. The third kappa shape index (κ3) is 18.0. The molecule has 0 aromatic heterocycles. The van der Waals surface area contributed by atoms with Gasteiger partial charge in [-0.25, -0.2) is 9.59 Å². The normalized spacial score (nSPS) is 10.2. The molecule has 26 heavy (non-hydrogen) atoms. The lowest BCUT2D eigenvalue weighted by Crippen LogP contribution is -2.10. The Morgan fingerprint density at radius 2 is 1.42 bits per heavy atom. The number of carbonyl (C=O) groups excluding carboxylic acids is 1. The molecule has 0 spiro atoms. The van der Waals surface area contributed by atoms with E-state index in [0.29, 0.717) is 17.6 Å². The molecule has 6 nitrogen and oxygen atoms in total. The van der Waals surface area contributed by atoms with Crippen LogP contribution < -0.4 is 5.73 Å². The van der Waals surface area contributed by atoms with Crippen LogP contribution in [-0.4, -0.2) is 28.1 Å². The second-order valence-electron chi connectivity index (χ2n) is 5.84. The zero-order valence-corrected chi connectivity index (χ0v) is 16.6. The number of aliphatic carboxylic acids is 2. The van der Waals surface area contributed by atoms with Gasteiger partial charge in [-0.3, -0.25) is 4.79 Å². The van der Waals surface area contributed by atoms with E-state index in [1.54, 1.807) is 13.8 Å². The van der Waals surface area contributed by atoms with E-state index >= 15 is 0 Å². The fraction of sp³-hybridized carbons (Fsp3) is 0.550. The van der Waals surface area contributed by atoms with Crippen molar-refractivity contribution < 1.29 is 24.6 Å². The van der Waals surface area contributed by atoms with E-state index < -0.39 is 17.8 Å². The molecule has 6 heteroatoms. The monoisotopic (exact) mass is 369 g/mol. The molecule has 0 fully saturated rings. The fourth-order valence-electron chi connectivity index (χ4n) is 1.59. The minimum atomic E-state index is -0.900. The Balaban J connectivity index is -0.000000342. The molecule has 0 bridgehead atoms. The number of unbranched alkanes of at least 4 members (excludes halogenated alkanes) is 2. The van der Waals surface area contributed by atoms with Crippen LogP contribution in [0.5, 0.6) is 0 Å². The Kier molecular flexibility index (Phi) is 19.1. The van der Waals surface area contributed by atoms with Crippen LogP contribution in [0.2, 0.25) is 0 Å². The number of carbonyl (C=O) groups is 3. The molecule has 1 unspecified atom stereocenters. The van der Waals surface area contributed by atoms with Crippen molar-refractivity contribution in [2.24, 2.45) is 11.7 Å².